The number of carbonyl (C=O) groups is 2. The quantitative estimate of drug-likeness (QED) is 0.838. The Hall–Kier alpha value is -2.86. The Balaban J connectivity index is 1.35. The number of likely N-dealkylation sites (tertiary alicyclic amines) is 1. The van der Waals surface area contributed by atoms with E-state index < -0.39 is 0 Å². The Kier molecular flexibility index (Phi) is 5.58. The molecule has 2 aromatic carbocycles. The van der Waals surface area contributed by atoms with Gasteiger partial charge in [-0.3, -0.25) is 14.6 Å². The van der Waals surface area contributed by atoms with E-state index in [0.29, 0.717) is 19.7 Å². The number of amides is 2. The van der Waals surface area contributed by atoms with Crippen molar-refractivity contribution < 1.29 is 14.3 Å². The van der Waals surface area contributed by atoms with Gasteiger partial charge in [-0.25, -0.2) is 4.79 Å². The molecule has 1 atom stereocenters. The zero-order valence-corrected chi connectivity index (χ0v) is 15.8. The van der Waals surface area contributed by atoms with Crippen LogP contribution in [0.25, 0.3) is 0 Å². The monoisotopic (exact) mass is 379 g/mol. The molecule has 2 amide bonds. The van der Waals surface area contributed by atoms with E-state index in [0.717, 1.165) is 37.2 Å². The number of ether oxygens (including phenoxy) is 1. The minimum atomic E-state index is -0.316. The summed E-state index contributed by atoms with van der Waals surface area (Å²) in [6, 6.07) is 17.9. The molecular weight excluding hydrogens is 354 g/mol. The first-order valence-corrected chi connectivity index (χ1v) is 9.79. The highest BCUT2D eigenvalue weighted by atomic mass is 16.6. The van der Waals surface area contributed by atoms with E-state index in [2.05, 4.69) is 22.3 Å². The maximum Gasteiger partial charge on any atom is 0.414 e. The summed E-state index contributed by atoms with van der Waals surface area (Å²) in [6.45, 7) is 3.17. The first-order valence-electron chi connectivity index (χ1n) is 9.79. The molecule has 2 heterocycles. The van der Waals surface area contributed by atoms with Gasteiger partial charge in [0.25, 0.3) is 0 Å². The molecule has 2 aliphatic heterocycles. The van der Waals surface area contributed by atoms with Crippen LogP contribution in [0.1, 0.15) is 24.0 Å². The summed E-state index contributed by atoms with van der Waals surface area (Å²) in [5.41, 5.74) is 3.01. The zero-order valence-electron chi connectivity index (χ0n) is 15.8. The molecule has 6 nitrogen and oxygen atoms in total. The smallest absolute Gasteiger partial charge is 0.414 e. The van der Waals surface area contributed by atoms with Crippen molar-refractivity contribution in [1.29, 1.82) is 0 Å². The number of nitrogens with one attached hydrogen (secondary N) is 1. The second-order valence-electron chi connectivity index (χ2n) is 7.27. The van der Waals surface area contributed by atoms with Gasteiger partial charge in [0.1, 0.15) is 6.61 Å². The van der Waals surface area contributed by atoms with Gasteiger partial charge in [-0.05, 0) is 42.6 Å². The highest BCUT2D eigenvalue weighted by Gasteiger charge is 2.30. The van der Waals surface area contributed by atoms with Crippen molar-refractivity contribution in [2.24, 2.45) is 0 Å². The Morgan fingerprint density at radius 1 is 1.07 bits per heavy atom. The van der Waals surface area contributed by atoms with Gasteiger partial charge in [0.05, 0.1) is 12.6 Å². The van der Waals surface area contributed by atoms with Gasteiger partial charge in [0, 0.05) is 18.8 Å². The maximum atomic E-state index is 12.8. The van der Waals surface area contributed by atoms with Crippen LogP contribution >= 0.6 is 0 Å². The number of hydrogen-bond acceptors (Lipinski definition) is 4. The van der Waals surface area contributed by atoms with Crippen LogP contribution in [0.4, 0.5) is 10.5 Å². The van der Waals surface area contributed by atoms with Crippen molar-refractivity contribution >= 4 is 17.7 Å². The van der Waals surface area contributed by atoms with Gasteiger partial charge >= 0.3 is 6.09 Å². The lowest BCUT2D eigenvalue weighted by atomic mass is 10.1. The van der Waals surface area contributed by atoms with Crippen LogP contribution in [0, 0.1) is 0 Å². The normalized spacial score (nSPS) is 19.6. The van der Waals surface area contributed by atoms with E-state index in [9.17, 15) is 9.59 Å². The first kappa shape index (κ1) is 18.5. The van der Waals surface area contributed by atoms with Crippen molar-refractivity contribution in [2.45, 2.75) is 32.0 Å². The molecule has 2 saturated heterocycles. The van der Waals surface area contributed by atoms with Crippen LogP contribution in [-0.4, -0.2) is 42.6 Å². The van der Waals surface area contributed by atoms with Crippen LogP contribution in [-0.2, 0) is 22.6 Å². The van der Waals surface area contributed by atoms with Crippen molar-refractivity contribution in [3.8, 4) is 0 Å². The molecule has 2 fully saturated rings. The summed E-state index contributed by atoms with van der Waals surface area (Å²) >= 11 is 0. The van der Waals surface area contributed by atoms with Crippen molar-refractivity contribution in [3.63, 3.8) is 0 Å². The predicted octanol–water partition coefficient (Wildman–Crippen LogP) is 2.92. The van der Waals surface area contributed by atoms with Gasteiger partial charge in [0.2, 0.25) is 5.91 Å². The van der Waals surface area contributed by atoms with Crippen LogP contribution in [0.3, 0.4) is 0 Å². The van der Waals surface area contributed by atoms with E-state index in [-0.39, 0.29) is 18.0 Å². The summed E-state index contributed by atoms with van der Waals surface area (Å²) in [4.78, 5) is 28.4. The lowest BCUT2D eigenvalue weighted by Crippen LogP contribution is -2.42. The molecule has 0 spiro atoms. The third kappa shape index (κ3) is 4.17. The fourth-order valence-electron chi connectivity index (χ4n) is 3.90. The van der Waals surface area contributed by atoms with E-state index in [1.165, 1.54) is 5.56 Å². The molecule has 4 rings (SSSR count). The molecule has 0 aliphatic carbocycles. The van der Waals surface area contributed by atoms with Crippen molar-refractivity contribution in [1.82, 2.24) is 10.2 Å². The maximum absolute atomic E-state index is 12.8. The van der Waals surface area contributed by atoms with E-state index in [1.54, 1.807) is 4.90 Å². The number of rotatable bonds is 6. The molecule has 0 bridgehead atoms. The number of anilines is 1. The van der Waals surface area contributed by atoms with E-state index in [1.807, 2.05) is 42.5 Å². The van der Waals surface area contributed by atoms with E-state index in [4.69, 9.17) is 4.74 Å². The average molecular weight is 379 g/mol. The molecule has 0 unspecified atom stereocenters. The zero-order chi connectivity index (χ0) is 19.3. The Morgan fingerprint density at radius 3 is 2.68 bits per heavy atom. The number of nitrogens with zero attached hydrogens (tertiary/aromatic N) is 2. The Morgan fingerprint density at radius 2 is 1.89 bits per heavy atom. The minimum absolute atomic E-state index is 0.0689. The number of hydrogen-bond donors (Lipinski definition) is 1. The van der Waals surface area contributed by atoms with Crippen LogP contribution in [0.5, 0.6) is 0 Å². The lowest BCUT2D eigenvalue weighted by Gasteiger charge is -2.24. The lowest BCUT2D eigenvalue weighted by molar-refractivity contribution is -0.125. The third-order valence-electron chi connectivity index (χ3n) is 5.34. The fraction of sp³-hybridized carbons (Fsp3) is 0.364. The molecule has 6 heteroatoms. The number of carbonyl (C=O) groups excluding carboxylic acids is 2. The van der Waals surface area contributed by atoms with Gasteiger partial charge in [-0.1, -0.05) is 42.5 Å². The van der Waals surface area contributed by atoms with Gasteiger partial charge in [-0.15, -0.1) is 0 Å². The summed E-state index contributed by atoms with van der Waals surface area (Å²) < 4.78 is 5.00. The van der Waals surface area contributed by atoms with Crippen molar-refractivity contribution in [3.05, 3.63) is 65.7 Å². The first-order chi connectivity index (χ1) is 13.7. The molecule has 0 radical (unpaired) electrons. The van der Waals surface area contributed by atoms with Gasteiger partial charge in [-0.2, -0.15) is 0 Å². The molecule has 146 valence electrons. The topological polar surface area (TPSA) is 61.9 Å². The molecule has 1 N–H and O–H groups in total. The summed E-state index contributed by atoms with van der Waals surface area (Å²) in [5.74, 6) is 0.0689. The summed E-state index contributed by atoms with van der Waals surface area (Å²) in [6.07, 6.45) is 1.61. The summed E-state index contributed by atoms with van der Waals surface area (Å²) in [5, 5.41) is 3.07. The van der Waals surface area contributed by atoms with Crippen molar-refractivity contribution in [2.75, 3.05) is 24.6 Å². The minimum Gasteiger partial charge on any atom is -0.447 e. The Labute approximate surface area is 165 Å². The number of benzene rings is 2. The fourth-order valence-corrected chi connectivity index (χ4v) is 3.90. The molecule has 28 heavy (non-hydrogen) atoms. The van der Waals surface area contributed by atoms with Crippen LogP contribution in [0.15, 0.2) is 54.6 Å². The highest BCUT2D eigenvalue weighted by Crippen LogP contribution is 2.22. The second kappa shape index (κ2) is 8.44. The molecular formula is C22H25N3O3. The molecule has 2 aromatic rings. The largest absolute Gasteiger partial charge is 0.447 e. The molecule has 0 aromatic heterocycles. The standard InChI is InChI=1S/C22H25N3O3/c26-21(20-10-5-11-24(20)16-17-6-2-1-3-7-17)23-15-18-8-4-9-19(14-18)25-12-13-28-22(25)27/h1-4,6-9,14,20H,5,10-13,15-16H2,(H,23,26)/t20-/m0/s1. The van der Waals surface area contributed by atoms with E-state index >= 15 is 0 Å². The van der Waals surface area contributed by atoms with Crippen LogP contribution < -0.4 is 10.2 Å². The highest BCUT2D eigenvalue weighted by molar-refractivity contribution is 5.89. The average Bonchev–Trinajstić information content (AvgIpc) is 3.36. The number of cyclic esters (lactones) is 1. The van der Waals surface area contributed by atoms with Gasteiger partial charge < -0.3 is 10.1 Å². The Bertz CT molecular complexity index is 840. The predicted molar refractivity (Wildman–Crippen MR) is 107 cm³/mol. The summed E-state index contributed by atoms with van der Waals surface area (Å²) in [7, 11) is 0. The molecule has 2 aliphatic rings. The SMILES string of the molecule is O=C(NCc1cccc(N2CCOC2=O)c1)[C@@H]1CCCN1Cc1ccccc1. The molecule has 0 saturated carbocycles. The third-order valence-corrected chi connectivity index (χ3v) is 5.34. The van der Waals surface area contributed by atoms with Gasteiger partial charge in [0.15, 0.2) is 0 Å². The second-order valence-corrected chi connectivity index (χ2v) is 7.27. The van der Waals surface area contributed by atoms with Crippen LogP contribution in [0.2, 0.25) is 0 Å².